The topological polar surface area (TPSA) is 283 Å². The number of aromatic hydroxyl groups is 2. The zero-order valence-electron chi connectivity index (χ0n) is 30.1. The summed E-state index contributed by atoms with van der Waals surface area (Å²) in [5, 5.41) is 55.5. The van der Waals surface area contributed by atoms with Crippen LogP contribution in [0.3, 0.4) is 0 Å². The van der Waals surface area contributed by atoms with E-state index >= 15 is 0 Å². The van der Waals surface area contributed by atoms with Crippen molar-refractivity contribution in [2.75, 3.05) is 25.6 Å². The van der Waals surface area contributed by atoms with E-state index in [4.69, 9.17) is 11.5 Å². The van der Waals surface area contributed by atoms with Gasteiger partial charge in [-0.15, -0.1) is 10.2 Å². The van der Waals surface area contributed by atoms with Gasteiger partial charge < -0.3 is 26.2 Å². The normalized spacial score (nSPS) is 13.0. The molecule has 1 unspecified atom stereocenters. The second-order valence-corrected chi connectivity index (χ2v) is 14.6. The summed E-state index contributed by atoms with van der Waals surface area (Å²) < 4.78 is 56.6. The average molecular weight is 792 g/mol. The molecule has 0 aliphatic rings. The third-order valence-electron chi connectivity index (χ3n) is 8.55. The number of nitrogen functional groups attached to an aromatic ring is 2. The molecule has 0 fully saturated rings. The maximum absolute atomic E-state index is 12.4. The summed E-state index contributed by atoms with van der Waals surface area (Å²) in [5.74, 6) is -0.903. The van der Waals surface area contributed by atoms with Crippen LogP contribution in [0.5, 0.6) is 11.5 Å². The molecule has 0 spiro atoms. The quantitative estimate of drug-likeness (QED) is 0.0258. The molecule has 6 rings (SSSR count). The van der Waals surface area contributed by atoms with Gasteiger partial charge >= 0.3 is 0 Å². The molecule has 6 aromatic carbocycles. The zero-order valence-corrected chi connectivity index (χ0v) is 31.7. The zero-order chi connectivity index (χ0) is 40.5. The summed E-state index contributed by atoms with van der Waals surface area (Å²) in [4.78, 5) is -0.720. The summed E-state index contributed by atoms with van der Waals surface area (Å²) in [5.41, 5.74) is 15.7. The Bertz CT molecular complexity index is 2850. The number of anilines is 2. The van der Waals surface area contributed by atoms with Gasteiger partial charge in [-0.1, -0.05) is 35.2 Å². The molecule has 20 heteroatoms. The Morgan fingerprint density at radius 2 is 1.12 bits per heavy atom. The number of fused-ring (bicyclic) bond motifs is 2. The second kappa shape index (κ2) is 15.7. The van der Waals surface area contributed by atoms with Crippen molar-refractivity contribution in [3.63, 3.8) is 0 Å². The van der Waals surface area contributed by atoms with Gasteiger partial charge in [0.2, 0.25) is 0 Å². The van der Waals surface area contributed by atoms with E-state index in [9.17, 15) is 31.9 Å². The molecule has 0 saturated carbocycles. The van der Waals surface area contributed by atoms with Crippen molar-refractivity contribution in [1.82, 2.24) is 0 Å². The van der Waals surface area contributed by atoms with Crippen molar-refractivity contribution in [3.05, 3.63) is 83.9 Å². The lowest BCUT2D eigenvalue weighted by atomic mass is 9.64. The predicted octanol–water partition coefficient (Wildman–Crippen LogP) is 7.93. The van der Waals surface area contributed by atoms with Gasteiger partial charge in [-0.05, 0) is 84.3 Å². The molecular formula is C36H32BN10O7S2. The van der Waals surface area contributed by atoms with Crippen LogP contribution in [0.1, 0.15) is 11.1 Å². The Hall–Kier alpha value is -6.48. The van der Waals surface area contributed by atoms with Gasteiger partial charge in [0.05, 0.1) is 38.4 Å². The molecule has 0 amide bonds. The standard InChI is InChI=1S/C36H32BN10O7S2/c1-17-11-20-14-26(56(52,53)54)34(36(49)28(20)29(38)31(17)44-40-3)47-43-24-10-6-8-22(16-24)37-21-7-5-9-23(15-21)42-46-32-18(2)12-19-13-25(55(50)51)33(45-41-4)30(39)27(19)35(32)48/h5-16,48-49H,38-39H2,1-4H3,(H,50,51)(H,52,53,54). The molecule has 17 nitrogen and oxygen atoms in total. The molecule has 8 N–H and O–H groups in total. The molecule has 0 bridgehead atoms. The van der Waals surface area contributed by atoms with E-state index in [1.807, 2.05) is 13.3 Å². The molecule has 1 radical (unpaired) electrons. The van der Waals surface area contributed by atoms with Gasteiger partial charge in [-0.25, -0.2) is 4.21 Å². The largest absolute Gasteiger partial charge is 0.505 e. The number of phenolic OH excluding ortho intramolecular Hbond substituents is 2. The van der Waals surface area contributed by atoms with E-state index < -0.39 is 37.5 Å². The molecule has 0 aliphatic carbocycles. The van der Waals surface area contributed by atoms with Gasteiger partial charge in [-0.2, -0.15) is 39.1 Å². The summed E-state index contributed by atoms with van der Waals surface area (Å²) in [6.07, 6.45) is 0. The van der Waals surface area contributed by atoms with Crippen LogP contribution in [0, 0.1) is 13.8 Å². The van der Waals surface area contributed by atoms with Gasteiger partial charge in [-0.3, -0.25) is 4.55 Å². The van der Waals surface area contributed by atoms with E-state index in [0.717, 1.165) is 6.07 Å². The highest BCUT2D eigenvalue weighted by atomic mass is 32.2. The average Bonchev–Trinajstić information content (AvgIpc) is 3.13. The highest BCUT2D eigenvalue weighted by Crippen LogP contribution is 2.48. The van der Waals surface area contributed by atoms with E-state index in [2.05, 4.69) is 40.9 Å². The first kappa shape index (κ1) is 39.2. The number of nitrogens with zero attached hydrogens (tertiary/aromatic N) is 8. The third kappa shape index (κ3) is 7.71. The van der Waals surface area contributed by atoms with Crippen LogP contribution in [0.2, 0.25) is 0 Å². The Morgan fingerprint density at radius 3 is 1.66 bits per heavy atom. The monoisotopic (exact) mass is 791 g/mol. The minimum Gasteiger partial charge on any atom is -0.505 e. The van der Waals surface area contributed by atoms with E-state index in [-0.39, 0.29) is 60.9 Å². The first-order valence-corrected chi connectivity index (χ1v) is 18.9. The number of benzene rings is 6. The minimum atomic E-state index is -4.86. The van der Waals surface area contributed by atoms with Crippen molar-refractivity contribution in [3.8, 4) is 11.5 Å². The Labute approximate surface area is 322 Å². The van der Waals surface area contributed by atoms with Crippen molar-refractivity contribution in [1.29, 1.82) is 0 Å². The van der Waals surface area contributed by atoms with Crippen LogP contribution < -0.4 is 22.4 Å². The summed E-state index contributed by atoms with van der Waals surface area (Å²) in [7, 11) is -0.211. The SMILES string of the molecule is CN=Nc1c(C)cc2cc(S(=O)(=O)O)c(N=Nc3cccc([B]c4cccc(N=Nc5c(C)cc6cc(S(=O)O)c(N=NC)c(N)c6c5O)c4)c3)c(O)c2c1N. The highest BCUT2D eigenvalue weighted by Gasteiger charge is 2.25. The molecule has 1 atom stereocenters. The predicted molar refractivity (Wildman–Crippen MR) is 216 cm³/mol. The van der Waals surface area contributed by atoms with Gasteiger partial charge in [0.1, 0.15) is 27.6 Å². The number of aryl methyl sites for hydroxylation is 2. The van der Waals surface area contributed by atoms with E-state index in [1.165, 1.54) is 20.2 Å². The summed E-state index contributed by atoms with van der Waals surface area (Å²) in [6.45, 7) is 3.39. The molecule has 0 heterocycles. The maximum Gasteiger partial charge on any atom is 0.296 e. The van der Waals surface area contributed by atoms with Gasteiger partial charge in [0.15, 0.2) is 29.9 Å². The first-order valence-electron chi connectivity index (χ1n) is 16.4. The van der Waals surface area contributed by atoms with Crippen molar-refractivity contribution >= 4 is 106 Å². The Morgan fingerprint density at radius 1 is 0.643 bits per heavy atom. The molecular weight excluding hydrogens is 759 g/mol. The maximum atomic E-state index is 12.4. The van der Waals surface area contributed by atoms with Crippen LogP contribution >= 0.6 is 0 Å². The van der Waals surface area contributed by atoms with Gasteiger partial charge in [0, 0.05) is 14.1 Å². The number of nitrogens with two attached hydrogens (primary N) is 2. The fourth-order valence-electron chi connectivity index (χ4n) is 6.11. The van der Waals surface area contributed by atoms with Crippen LogP contribution in [-0.2, 0) is 21.2 Å². The van der Waals surface area contributed by atoms with E-state index in [1.54, 1.807) is 68.4 Å². The van der Waals surface area contributed by atoms with Crippen LogP contribution in [0.25, 0.3) is 21.5 Å². The Kier molecular flexibility index (Phi) is 11.0. The lowest BCUT2D eigenvalue weighted by molar-refractivity contribution is 0.472. The number of hydrogen-bond acceptors (Lipinski definition) is 15. The van der Waals surface area contributed by atoms with Crippen LogP contribution in [0.15, 0.2) is 124 Å². The van der Waals surface area contributed by atoms with Crippen LogP contribution in [0.4, 0.5) is 45.5 Å². The van der Waals surface area contributed by atoms with Crippen molar-refractivity contribution < 1.29 is 31.9 Å². The van der Waals surface area contributed by atoms with E-state index in [0.29, 0.717) is 33.1 Å². The third-order valence-corrected chi connectivity index (χ3v) is 10.1. The Balaban J connectivity index is 1.30. The minimum absolute atomic E-state index is 0.0407. The van der Waals surface area contributed by atoms with Crippen LogP contribution in [-0.4, -0.2) is 53.3 Å². The number of rotatable bonds is 10. The molecule has 0 saturated heterocycles. The van der Waals surface area contributed by atoms with Crippen molar-refractivity contribution in [2.24, 2.45) is 40.9 Å². The summed E-state index contributed by atoms with van der Waals surface area (Å²) in [6, 6.07) is 19.6. The summed E-state index contributed by atoms with van der Waals surface area (Å²) >= 11 is -2.41. The molecule has 6 aromatic rings. The number of phenols is 2. The number of azo groups is 4. The fourth-order valence-corrected chi connectivity index (χ4v) is 7.31. The second-order valence-electron chi connectivity index (χ2n) is 12.3. The lowest BCUT2D eigenvalue weighted by Crippen LogP contribution is -2.26. The van der Waals surface area contributed by atoms with Gasteiger partial charge in [0.25, 0.3) is 10.1 Å². The molecule has 0 aliphatic heterocycles. The molecule has 0 aromatic heterocycles. The highest BCUT2D eigenvalue weighted by molar-refractivity contribution is 7.86. The smallest absolute Gasteiger partial charge is 0.296 e. The molecule has 56 heavy (non-hydrogen) atoms. The first-order chi connectivity index (χ1) is 26.6. The van der Waals surface area contributed by atoms with Crippen molar-refractivity contribution in [2.45, 2.75) is 23.6 Å². The fraction of sp³-hybridized carbons (Fsp3) is 0.111. The molecule has 283 valence electrons. The number of hydrogen-bond donors (Lipinski definition) is 6. The lowest BCUT2D eigenvalue weighted by Gasteiger charge is -2.13.